The van der Waals surface area contributed by atoms with Crippen molar-refractivity contribution < 1.29 is 18.7 Å². The number of amides is 1. The normalized spacial score (nSPS) is 15.5. The molecule has 9 heteroatoms. The first-order valence-corrected chi connectivity index (χ1v) is 12.0. The number of carbonyl (C=O) groups excluding carboxylic acids is 1. The van der Waals surface area contributed by atoms with Gasteiger partial charge in [0.25, 0.3) is 12.0 Å². The fraction of sp³-hybridized carbons (Fsp3) is 0.304. The van der Waals surface area contributed by atoms with Crippen molar-refractivity contribution in [3.8, 4) is 0 Å². The van der Waals surface area contributed by atoms with Crippen LogP contribution in [0.1, 0.15) is 36.0 Å². The highest BCUT2D eigenvalue weighted by Gasteiger charge is 2.33. The SMILES string of the molecule is O=C(c1ccc(NSc2cccc3scnc23)cc1)N1CCC(O)(CCC=C(F)F)CC1. The maximum atomic E-state index is 12.8. The number of carbonyl (C=O) groups is 1. The van der Waals surface area contributed by atoms with Gasteiger partial charge in [-0.25, -0.2) is 4.98 Å². The summed E-state index contributed by atoms with van der Waals surface area (Å²) in [6, 6.07) is 13.3. The van der Waals surface area contributed by atoms with Crippen LogP contribution < -0.4 is 4.72 Å². The number of hydrogen-bond acceptors (Lipinski definition) is 6. The van der Waals surface area contributed by atoms with Crippen LogP contribution in [0.3, 0.4) is 0 Å². The number of nitrogens with one attached hydrogen (secondary N) is 1. The summed E-state index contributed by atoms with van der Waals surface area (Å²) in [4.78, 5) is 20.0. The van der Waals surface area contributed by atoms with Crippen molar-refractivity contribution in [3.63, 3.8) is 0 Å². The van der Waals surface area contributed by atoms with Crippen molar-refractivity contribution in [2.24, 2.45) is 0 Å². The second-order valence-electron chi connectivity index (χ2n) is 7.79. The summed E-state index contributed by atoms with van der Waals surface area (Å²) in [5.74, 6) is -0.0896. The number of hydrogen-bond donors (Lipinski definition) is 2. The van der Waals surface area contributed by atoms with E-state index < -0.39 is 11.7 Å². The monoisotopic (exact) mass is 475 g/mol. The number of benzene rings is 2. The van der Waals surface area contributed by atoms with Gasteiger partial charge in [-0.2, -0.15) is 8.78 Å². The Morgan fingerprint density at radius 2 is 1.97 bits per heavy atom. The molecule has 0 spiro atoms. The van der Waals surface area contributed by atoms with Crippen LogP contribution in [0, 0.1) is 0 Å². The number of rotatable bonds is 7. The maximum absolute atomic E-state index is 12.8. The van der Waals surface area contributed by atoms with Crippen LogP contribution in [-0.4, -0.2) is 39.6 Å². The number of aromatic nitrogens is 1. The topological polar surface area (TPSA) is 65.5 Å². The molecule has 1 aliphatic heterocycles. The average Bonchev–Trinajstić information content (AvgIpc) is 3.27. The lowest BCUT2D eigenvalue weighted by Crippen LogP contribution is -2.46. The predicted molar refractivity (Wildman–Crippen MR) is 125 cm³/mol. The third kappa shape index (κ3) is 5.46. The van der Waals surface area contributed by atoms with E-state index in [0.29, 0.717) is 31.5 Å². The van der Waals surface area contributed by atoms with Crippen LogP contribution in [0.25, 0.3) is 10.2 Å². The molecule has 32 heavy (non-hydrogen) atoms. The summed E-state index contributed by atoms with van der Waals surface area (Å²) in [5.41, 5.74) is 3.26. The molecular formula is C23H23F2N3O2S2. The van der Waals surface area contributed by atoms with Crippen molar-refractivity contribution >= 4 is 45.1 Å². The number of likely N-dealkylation sites (tertiary alicyclic amines) is 1. The van der Waals surface area contributed by atoms with Crippen LogP contribution >= 0.6 is 23.3 Å². The molecule has 1 fully saturated rings. The highest BCUT2D eigenvalue weighted by molar-refractivity contribution is 8.00. The molecule has 0 bridgehead atoms. The van der Waals surface area contributed by atoms with Crippen molar-refractivity contribution in [2.75, 3.05) is 17.8 Å². The van der Waals surface area contributed by atoms with Crippen LogP contribution in [0.15, 0.2) is 65.0 Å². The summed E-state index contributed by atoms with van der Waals surface area (Å²) in [6.45, 7) is 0.815. The summed E-state index contributed by atoms with van der Waals surface area (Å²) in [5, 5.41) is 10.6. The molecule has 1 amide bonds. The molecule has 1 aromatic heterocycles. The van der Waals surface area contributed by atoms with E-state index in [1.807, 2.05) is 35.8 Å². The molecule has 0 aliphatic carbocycles. The number of aliphatic hydroxyl groups is 1. The van der Waals surface area contributed by atoms with E-state index in [4.69, 9.17) is 0 Å². The van der Waals surface area contributed by atoms with E-state index in [1.165, 1.54) is 11.9 Å². The van der Waals surface area contributed by atoms with Crippen molar-refractivity contribution in [1.29, 1.82) is 0 Å². The first-order chi connectivity index (χ1) is 15.4. The summed E-state index contributed by atoms with van der Waals surface area (Å²) in [7, 11) is 0. The van der Waals surface area contributed by atoms with Gasteiger partial charge >= 0.3 is 0 Å². The zero-order valence-electron chi connectivity index (χ0n) is 17.3. The van der Waals surface area contributed by atoms with E-state index >= 15 is 0 Å². The fourth-order valence-corrected chi connectivity index (χ4v) is 5.28. The molecule has 1 aliphatic rings. The predicted octanol–water partition coefficient (Wildman–Crippen LogP) is 5.94. The van der Waals surface area contributed by atoms with Crippen molar-refractivity contribution in [2.45, 2.75) is 36.2 Å². The van der Waals surface area contributed by atoms with Gasteiger partial charge in [0.05, 0.1) is 26.2 Å². The molecule has 2 heterocycles. The smallest absolute Gasteiger partial charge is 0.266 e. The minimum Gasteiger partial charge on any atom is -0.390 e. The van der Waals surface area contributed by atoms with Crippen LogP contribution in [0.5, 0.6) is 0 Å². The first kappa shape index (κ1) is 22.7. The average molecular weight is 476 g/mol. The minimum absolute atomic E-state index is 0.0896. The van der Waals surface area contributed by atoms with E-state index in [1.54, 1.807) is 28.4 Å². The maximum Gasteiger partial charge on any atom is 0.266 e. The van der Waals surface area contributed by atoms with E-state index in [-0.39, 0.29) is 18.7 Å². The lowest BCUT2D eigenvalue weighted by atomic mass is 9.87. The zero-order chi connectivity index (χ0) is 22.6. The highest BCUT2D eigenvalue weighted by atomic mass is 32.2. The highest BCUT2D eigenvalue weighted by Crippen LogP contribution is 2.31. The number of nitrogens with zero attached hydrogens (tertiary/aromatic N) is 2. The number of para-hydroxylation sites is 1. The van der Waals surface area contributed by atoms with E-state index in [9.17, 15) is 18.7 Å². The van der Waals surface area contributed by atoms with Crippen molar-refractivity contribution in [1.82, 2.24) is 9.88 Å². The molecule has 2 N–H and O–H groups in total. The fourth-order valence-electron chi connectivity index (χ4n) is 3.75. The Labute approximate surface area is 193 Å². The van der Waals surface area contributed by atoms with Gasteiger partial charge in [-0.1, -0.05) is 6.07 Å². The summed E-state index contributed by atoms with van der Waals surface area (Å²) >= 11 is 3.08. The Morgan fingerprint density at radius 1 is 1.22 bits per heavy atom. The first-order valence-electron chi connectivity index (χ1n) is 10.3. The van der Waals surface area contributed by atoms with Gasteiger partial charge in [0.2, 0.25) is 0 Å². The summed E-state index contributed by atoms with van der Waals surface area (Å²) in [6.07, 6.45) is 0.297. The quantitative estimate of drug-likeness (QED) is 0.414. The van der Waals surface area contributed by atoms with Gasteiger partial charge in [-0.3, -0.25) is 4.79 Å². The van der Waals surface area contributed by atoms with Crippen LogP contribution in [0.4, 0.5) is 14.5 Å². The molecule has 2 aromatic carbocycles. The molecule has 0 saturated carbocycles. The van der Waals surface area contributed by atoms with Gasteiger partial charge in [0.1, 0.15) is 0 Å². The van der Waals surface area contributed by atoms with Crippen LogP contribution in [0.2, 0.25) is 0 Å². The minimum atomic E-state index is -1.72. The Kier molecular flexibility index (Phi) is 7.07. The van der Waals surface area contributed by atoms with E-state index in [2.05, 4.69) is 9.71 Å². The molecule has 4 rings (SSSR count). The number of thiazole rings is 1. The van der Waals surface area contributed by atoms with Gasteiger partial charge < -0.3 is 14.7 Å². The number of piperidine rings is 1. The molecule has 0 atom stereocenters. The molecule has 0 unspecified atom stereocenters. The van der Waals surface area contributed by atoms with Gasteiger partial charge in [-0.15, -0.1) is 11.3 Å². The zero-order valence-corrected chi connectivity index (χ0v) is 18.9. The molecule has 1 saturated heterocycles. The number of halogens is 2. The molecular weight excluding hydrogens is 452 g/mol. The molecule has 168 valence electrons. The van der Waals surface area contributed by atoms with Gasteiger partial charge in [0.15, 0.2) is 0 Å². The molecule has 3 aromatic rings. The Balaban J connectivity index is 1.31. The largest absolute Gasteiger partial charge is 0.390 e. The lowest BCUT2D eigenvalue weighted by molar-refractivity contribution is -0.0222. The Hall–Kier alpha value is -2.49. The molecule has 5 nitrogen and oxygen atoms in total. The summed E-state index contributed by atoms with van der Waals surface area (Å²) < 4.78 is 28.8. The van der Waals surface area contributed by atoms with Crippen LogP contribution in [-0.2, 0) is 0 Å². The lowest BCUT2D eigenvalue weighted by Gasteiger charge is -2.38. The second-order valence-corrected chi connectivity index (χ2v) is 9.52. The van der Waals surface area contributed by atoms with Gasteiger partial charge in [0, 0.05) is 24.3 Å². The van der Waals surface area contributed by atoms with E-state index in [0.717, 1.165) is 26.9 Å². The number of anilines is 1. The van der Waals surface area contributed by atoms with Gasteiger partial charge in [-0.05, 0) is 80.1 Å². The number of fused-ring (bicyclic) bond motifs is 1. The standard InChI is InChI=1S/C23H23F2N3O2S2/c24-20(25)5-2-10-23(30)11-13-28(14-12-23)22(29)16-6-8-17(9-7-16)27-32-19-4-1-3-18-21(19)26-15-31-18/h1,3-9,15,27,30H,2,10-14H2. The Morgan fingerprint density at radius 3 is 2.69 bits per heavy atom. The van der Waals surface area contributed by atoms with Crippen molar-refractivity contribution in [3.05, 3.63) is 65.7 Å². The second kappa shape index (κ2) is 9.97. The third-order valence-electron chi connectivity index (χ3n) is 5.62. The third-order valence-corrected chi connectivity index (χ3v) is 7.31. The molecule has 0 radical (unpaired) electrons. The Bertz CT molecular complexity index is 1110. The number of allylic oxidation sites excluding steroid dienone is 1.